The minimum absolute atomic E-state index is 0.00360. The maximum Gasteiger partial charge on any atom is 0.272 e. The molecule has 9 heteroatoms. The third-order valence-electron chi connectivity index (χ3n) is 7.93. The molecule has 1 aromatic carbocycles. The summed E-state index contributed by atoms with van der Waals surface area (Å²) in [6.07, 6.45) is 5.47. The molecule has 3 aliphatic rings. The van der Waals surface area contributed by atoms with Gasteiger partial charge < -0.3 is 24.6 Å². The smallest absolute Gasteiger partial charge is 0.272 e. The lowest BCUT2D eigenvalue weighted by atomic mass is 9.99. The zero-order valence-corrected chi connectivity index (χ0v) is 21.9. The molecule has 1 amide bonds. The van der Waals surface area contributed by atoms with E-state index in [0.29, 0.717) is 30.3 Å². The molecule has 0 saturated carbocycles. The highest BCUT2D eigenvalue weighted by Gasteiger charge is 2.32. The first-order valence-corrected chi connectivity index (χ1v) is 13.4. The molecule has 0 spiro atoms. The van der Waals surface area contributed by atoms with Crippen molar-refractivity contribution in [1.82, 2.24) is 20.2 Å². The highest BCUT2D eigenvalue weighted by atomic mass is 35.5. The Morgan fingerprint density at radius 1 is 1.11 bits per heavy atom. The number of piperidine rings is 1. The summed E-state index contributed by atoms with van der Waals surface area (Å²) < 4.78 is 11.1. The summed E-state index contributed by atoms with van der Waals surface area (Å²) >= 11 is 6.06. The van der Waals surface area contributed by atoms with Gasteiger partial charge in [-0.15, -0.1) is 0 Å². The van der Waals surface area contributed by atoms with Crippen LogP contribution in [0.15, 0.2) is 30.6 Å². The number of anilines is 1. The van der Waals surface area contributed by atoms with E-state index >= 15 is 0 Å². The van der Waals surface area contributed by atoms with Gasteiger partial charge in [0.2, 0.25) is 0 Å². The maximum atomic E-state index is 13.4. The number of amides is 1. The fourth-order valence-corrected chi connectivity index (χ4v) is 5.90. The van der Waals surface area contributed by atoms with Gasteiger partial charge in [0.1, 0.15) is 17.8 Å². The fourth-order valence-electron chi connectivity index (χ4n) is 5.77. The number of nitrogens with one attached hydrogen (secondary N) is 1. The molecule has 5 rings (SSSR count). The number of likely N-dealkylation sites (tertiary alicyclic amines) is 1. The van der Waals surface area contributed by atoms with Gasteiger partial charge in [0.05, 0.1) is 12.7 Å². The van der Waals surface area contributed by atoms with Crippen LogP contribution in [0, 0.1) is 6.92 Å². The highest BCUT2D eigenvalue weighted by Crippen LogP contribution is 2.32. The highest BCUT2D eigenvalue weighted by molar-refractivity contribution is 6.30. The topological polar surface area (TPSA) is 79.8 Å². The standard InChI is InChI=1S/C27H36ClN5O3/c1-18-25(27(34)32-12-8-22(9-13-32)31-23-10-14-36-16-24(23)35-2)29-17-30-26(18)33-11-7-20(15-33)19-3-5-21(28)6-4-19/h3-6,17,20,22-24,31H,7-16H2,1-2H3. The molecule has 0 radical (unpaired) electrons. The third-order valence-corrected chi connectivity index (χ3v) is 8.18. The quantitative estimate of drug-likeness (QED) is 0.634. The van der Waals surface area contributed by atoms with Crippen molar-refractivity contribution >= 4 is 23.3 Å². The summed E-state index contributed by atoms with van der Waals surface area (Å²) in [5.41, 5.74) is 2.67. The lowest BCUT2D eigenvalue weighted by Gasteiger charge is -2.38. The van der Waals surface area contributed by atoms with Crippen molar-refractivity contribution in [3.05, 3.63) is 52.4 Å². The Hall–Kier alpha value is -2.26. The number of aromatic nitrogens is 2. The Bertz CT molecular complexity index is 1040. The van der Waals surface area contributed by atoms with E-state index in [9.17, 15) is 4.79 Å². The molecule has 3 unspecified atom stereocenters. The van der Waals surface area contributed by atoms with E-state index in [1.807, 2.05) is 24.0 Å². The summed E-state index contributed by atoms with van der Waals surface area (Å²) in [4.78, 5) is 26.7. The molecule has 3 atom stereocenters. The van der Waals surface area contributed by atoms with Crippen LogP contribution in [0.25, 0.3) is 0 Å². The van der Waals surface area contributed by atoms with Gasteiger partial charge in [-0.2, -0.15) is 0 Å². The summed E-state index contributed by atoms with van der Waals surface area (Å²) in [5, 5.41) is 4.51. The lowest BCUT2D eigenvalue weighted by molar-refractivity contribution is -0.0533. The van der Waals surface area contributed by atoms with E-state index in [0.717, 1.165) is 74.9 Å². The lowest BCUT2D eigenvalue weighted by Crippen LogP contribution is -2.54. The number of nitrogens with zero attached hydrogens (tertiary/aromatic N) is 4. The summed E-state index contributed by atoms with van der Waals surface area (Å²) in [6, 6.07) is 8.79. The summed E-state index contributed by atoms with van der Waals surface area (Å²) in [5.74, 6) is 1.30. The van der Waals surface area contributed by atoms with Crippen LogP contribution in [-0.2, 0) is 9.47 Å². The van der Waals surface area contributed by atoms with E-state index < -0.39 is 0 Å². The van der Waals surface area contributed by atoms with Gasteiger partial charge in [0, 0.05) is 68.5 Å². The Morgan fingerprint density at radius 2 is 1.89 bits per heavy atom. The van der Waals surface area contributed by atoms with E-state index in [-0.39, 0.29) is 12.0 Å². The monoisotopic (exact) mass is 513 g/mol. The molecule has 0 aliphatic carbocycles. The summed E-state index contributed by atoms with van der Waals surface area (Å²) in [7, 11) is 1.74. The van der Waals surface area contributed by atoms with Crippen molar-refractivity contribution in [2.24, 2.45) is 0 Å². The van der Waals surface area contributed by atoms with E-state index in [4.69, 9.17) is 21.1 Å². The number of ether oxygens (including phenoxy) is 2. The molecule has 3 fully saturated rings. The molecular formula is C27H36ClN5O3. The van der Waals surface area contributed by atoms with E-state index in [2.05, 4.69) is 32.3 Å². The van der Waals surface area contributed by atoms with Crippen LogP contribution in [0.2, 0.25) is 5.02 Å². The average molecular weight is 514 g/mol. The van der Waals surface area contributed by atoms with E-state index in [1.165, 1.54) is 11.9 Å². The Kier molecular flexibility index (Phi) is 8.06. The van der Waals surface area contributed by atoms with Gasteiger partial charge in [-0.25, -0.2) is 9.97 Å². The van der Waals surface area contributed by atoms with Crippen LogP contribution < -0.4 is 10.2 Å². The molecular weight excluding hydrogens is 478 g/mol. The minimum Gasteiger partial charge on any atom is -0.379 e. The number of halogens is 1. The van der Waals surface area contributed by atoms with Gasteiger partial charge >= 0.3 is 0 Å². The number of hydrogen-bond donors (Lipinski definition) is 1. The first kappa shape index (κ1) is 25.4. The molecule has 2 aromatic rings. The number of methoxy groups -OCH3 is 1. The predicted molar refractivity (Wildman–Crippen MR) is 140 cm³/mol. The average Bonchev–Trinajstić information content (AvgIpc) is 3.40. The van der Waals surface area contributed by atoms with E-state index in [1.54, 1.807) is 7.11 Å². The van der Waals surface area contributed by atoms with Crippen LogP contribution in [0.1, 0.15) is 53.2 Å². The second-order valence-corrected chi connectivity index (χ2v) is 10.6. The van der Waals surface area contributed by atoms with Gasteiger partial charge in [-0.1, -0.05) is 23.7 Å². The first-order valence-electron chi connectivity index (χ1n) is 13.0. The largest absolute Gasteiger partial charge is 0.379 e. The number of rotatable bonds is 6. The van der Waals surface area contributed by atoms with Crippen molar-refractivity contribution < 1.29 is 14.3 Å². The van der Waals surface area contributed by atoms with Crippen LogP contribution in [0.4, 0.5) is 5.82 Å². The maximum absolute atomic E-state index is 13.4. The normalized spacial score (nSPS) is 25.4. The molecule has 194 valence electrons. The van der Waals surface area contributed by atoms with Gasteiger partial charge in [0.15, 0.2) is 0 Å². The van der Waals surface area contributed by atoms with Crippen LogP contribution in [0.3, 0.4) is 0 Å². The number of carbonyl (C=O) groups is 1. The molecule has 1 aromatic heterocycles. The van der Waals surface area contributed by atoms with Crippen molar-refractivity contribution in [2.45, 2.75) is 56.7 Å². The number of hydrogen-bond acceptors (Lipinski definition) is 7. The molecule has 3 saturated heterocycles. The Morgan fingerprint density at radius 3 is 2.64 bits per heavy atom. The fraction of sp³-hybridized carbons (Fsp3) is 0.593. The number of carbonyl (C=O) groups excluding carboxylic acids is 1. The van der Waals surface area contributed by atoms with Crippen molar-refractivity contribution in [1.29, 1.82) is 0 Å². The second kappa shape index (κ2) is 11.4. The van der Waals surface area contributed by atoms with Crippen LogP contribution in [-0.4, -0.2) is 85.5 Å². The minimum atomic E-state index is 0.00360. The second-order valence-electron chi connectivity index (χ2n) is 10.1. The van der Waals surface area contributed by atoms with Crippen molar-refractivity contribution in [3.8, 4) is 0 Å². The molecule has 3 aliphatic heterocycles. The Labute approximate surface area is 218 Å². The van der Waals surface area contributed by atoms with Gasteiger partial charge in [-0.05, 0) is 50.3 Å². The summed E-state index contributed by atoms with van der Waals surface area (Å²) in [6.45, 7) is 6.60. The molecule has 36 heavy (non-hydrogen) atoms. The zero-order valence-electron chi connectivity index (χ0n) is 21.2. The number of benzene rings is 1. The van der Waals surface area contributed by atoms with Crippen LogP contribution >= 0.6 is 11.6 Å². The van der Waals surface area contributed by atoms with Gasteiger partial charge in [0.25, 0.3) is 5.91 Å². The first-order chi connectivity index (χ1) is 17.5. The molecule has 4 heterocycles. The molecule has 0 bridgehead atoms. The third kappa shape index (κ3) is 5.52. The van der Waals surface area contributed by atoms with Gasteiger partial charge in [-0.3, -0.25) is 4.79 Å². The predicted octanol–water partition coefficient (Wildman–Crippen LogP) is 3.43. The molecule has 1 N–H and O–H groups in total. The van der Waals surface area contributed by atoms with Crippen molar-refractivity contribution in [3.63, 3.8) is 0 Å². The van der Waals surface area contributed by atoms with Crippen LogP contribution in [0.5, 0.6) is 0 Å². The SMILES string of the molecule is COC1COCCC1NC1CCN(C(=O)c2ncnc(N3CCC(c4ccc(Cl)cc4)C3)c2C)CC1. The zero-order chi connectivity index (χ0) is 25.1. The Balaban J connectivity index is 1.19. The molecule has 8 nitrogen and oxygen atoms in total. The van der Waals surface area contributed by atoms with Crippen molar-refractivity contribution in [2.75, 3.05) is 51.4 Å².